The van der Waals surface area contributed by atoms with E-state index in [-0.39, 0.29) is 36.1 Å². The van der Waals surface area contributed by atoms with Crippen LogP contribution in [0.1, 0.15) is 122 Å². The van der Waals surface area contributed by atoms with Crippen LogP contribution >= 0.6 is 0 Å². The van der Waals surface area contributed by atoms with Gasteiger partial charge in [0.15, 0.2) is 17.7 Å². The number of aliphatic hydroxyl groups excluding tert-OH is 2. The first-order valence-corrected chi connectivity index (χ1v) is 20.8. The van der Waals surface area contributed by atoms with Gasteiger partial charge in [0, 0.05) is 61.1 Å². The Balaban J connectivity index is 1.03. The Hall–Kier alpha value is -5.03. The Labute approximate surface area is 333 Å². The normalized spacial score (nSPS) is 29.3. The molecule has 3 aliphatic heterocycles. The number of rotatable bonds is 6. The second-order valence-corrected chi connectivity index (χ2v) is 17.3. The summed E-state index contributed by atoms with van der Waals surface area (Å²) in [5.41, 5.74) is 13.3. The van der Waals surface area contributed by atoms with Gasteiger partial charge in [-0.05, 0) is 83.5 Å². The van der Waals surface area contributed by atoms with Gasteiger partial charge in [-0.3, -0.25) is 10.1 Å². The van der Waals surface area contributed by atoms with E-state index in [1.807, 2.05) is 24.3 Å². The van der Waals surface area contributed by atoms with Crippen LogP contribution in [0.2, 0.25) is 0 Å². The average Bonchev–Trinajstić information content (AvgIpc) is 3.96. The topological polar surface area (TPSA) is 135 Å². The highest BCUT2D eigenvalue weighted by Crippen LogP contribution is 2.52. The van der Waals surface area contributed by atoms with E-state index < -0.39 is 29.8 Å². The van der Waals surface area contributed by atoms with Gasteiger partial charge in [0.1, 0.15) is 18.0 Å². The van der Waals surface area contributed by atoms with E-state index >= 15 is 0 Å². The molecule has 0 amide bonds. The number of allylic oxidation sites excluding steroid dienone is 2. The van der Waals surface area contributed by atoms with Crippen LogP contribution in [0.15, 0.2) is 73.2 Å². The molecule has 9 unspecified atom stereocenters. The van der Waals surface area contributed by atoms with Gasteiger partial charge in [-0.2, -0.15) is 0 Å². The lowest BCUT2D eigenvalue weighted by Gasteiger charge is -2.37. The van der Waals surface area contributed by atoms with Crippen molar-refractivity contribution in [2.24, 2.45) is 28.9 Å². The maximum atomic E-state index is 13.1. The minimum atomic E-state index is -1.04. The standard InChI is InChI=1S/C48H50N4O5/c1-28-4-8-30(9-5-28)41(55)23-32(53)11-6-29-7-17-42-43(22-29)57-47-38(48(20-21-56-42)18-2-3-19-48)15-16-40(54)34-13-14-35-44-31(24-51-46(35)49)10-12-33(45(34)44)36-25-50-39-27-52(47)26-37(36)39/h4,7-8,10,12-14,17,22,25-28,30-31,33,38,40-41,46-47,50-51,54-55H,2-3,5-6,9,11,18-19,23-24,49H2,1H3. The van der Waals surface area contributed by atoms with Crippen molar-refractivity contribution in [3.05, 3.63) is 107 Å². The first-order chi connectivity index (χ1) is 27.7. The fraction of sp³-hybridized carbons (Fsp3) is 0.438. The number of hydrogen-bond donors (Lipinski definition) is 5. The van der Waals surface area contributed by atoms with Crippen molar-refractivity contribution in [1.82, 2.24) is 14.9 Å². The number of aryl methyl sites for hydroxylation is 1. The lowest BCUT2D eigenvalue weighted by atomic mass is 9.71. The predicted molar refractivity (Wildman–Crippen MR) is 218 cm³/mol. The van der Waals surface area contributed by atoms with Crippen molar-refractivity contribution in [1.29, 1.82) is 0 Å². The van der Waals surface area contributed by atoms with Gasteiger partial charge >= 0.3 is 0 Å². The molecule has 10 rings (SSSR count). The number of fused-ring (bicyclic) bond motifs is 6. The highest BCUT2D eigenvalue weighted by Gasteiger charge is 2.47. The molecule has 9 nitrogen and oxygen atoms in total. The minimum Gasteiger partial charge on any atom is -0.465 e. The third-order valence-corrected chi connectivity index (χ3v) is 13.7. The molecule has 57 heavy (non-hydrogen) atoms. The summed E-state index contributed by atoms with van der Waals surface area (Å²) < 4.78 is 15.4. The van der Waals surface area contributed by atoms with Crippen molar-refractivity contribution >= 4 is 16.7 Å². The molecule has 9 heteroatoms. The smallest absolute Gasteiger partial charge is 0.191 e. The summed E-state index contributed by atoms with van der Waals surface area (Å²) in [6.45, 7) is 2.91. The number of Topliss-reactive ketones (excluding diaryl/α,β-unsaturated/α-hetero) is 1. The lowest BCUT2D eigenvalue weighted by molar-refractivity contribution is -0.121. The lowest BCUT2D eigenvalue weighted by Crippen LogP contribution is -2.39. The highest BCUT2D eigenvalue weighted by atomic mass is 16.5. The van der Waals surface area contributed by atoms with Crippen LogP contribution in [0, 0.1) is 47.0 Å². The quantitative estimate of drug-likeness (QED) is 0.103. The van der Waals surface area contributed by atoms with E-state index in [1.165, 1.54) is 5.56 Å². The first-order valence-electron chi connectivity index (χ1n) is 20.8. The van der Waals surface area contributed by atoms with E-state index in [1.54, 1.807) is 0 Å². The molecule has 2 aromatic heterocycles. The molecule has 3 aliphatic carbocycles. The van der Waals surface area contributed by atoms with E-state index in [2.05, 4.69) is 94.6 Å². The SMILES string of the molecule is CC1C=CC(C(O)CC(=O)CCc2ccc3c(c2)OC2C(C#CC(O)c4ccc5c6c4C(C=CC6CNC5N)c4c[nH]c5cn2cc45)C2(C#CO3)CCCC2)CC1. The van der Waals surface area contributed by atoms with E-state index in [0.29, 0.717) is 30.3 Å². The van der Waals surface area contributed by atoms with Gasteiger partial charge in [0.05, 0.1) is 29.1 Å². The largest absolute Gasteiger partial charge is 0.465 e. The third-order valence-electron chi connectivity index (χ3n) is 13.7. The molecule has 4 aromatic rings. The molecule has 1 saturated carbocycles. The summed E-state index contributed by atoms with van der Waals surface area (Å²) in [4.78, 5) is 16.7. The zero-order valence-corrected chi connectivity index (χ0v) is 32.3. The number of aromatic nitrogens is 2. The third kappa shape index (κ3) is 6.42. The van der Waals surface area contributed by atoms with Crippen molar-refractivity contribution < 1.29 is 24.5 Å². The van der Waals surface area contributed by atoms with Crippen LogP contribution in [0.25, 0.3) is 10.9 Å². The van der Waals surface area contributed by atoms with Crippen LogP contribution in [-0.2, 0) is 11.2 Å². The van der Waals surface area contributed by atoms with Crippen molar-refractivity contribution in [2.45, 2.75) is 101 Å². The van der Waals surface area contributed by atoms with Gasteiger partial charge in [-0.1, -0.05) is 80.0 Å². The fourth-order valence-electron chi connectivity index (χ4n) is 10.4. The second-order valence-electron chi connectivity index (χ2n) is 17.3. The number of ether oxygens (including phenoxy) is 2. The predicted octanol–water partition coefficient (Wildman–Crippen LogP) is 7.33. The Morgan fingerprint density at radius 3 is 2.72 bits per heavy atom. The van der Waals surface area contributed by atoms with Crippen molar-refractivity contribution in [2.75, 3.05) is 6.54 Å². The van der Waals surface area contributed by atoms with Gasteiger partial charge in [0.2, 0.25) is 0 Å². The monoisotopic (exact) mass is 762 g/mol. The molecule has 5 heterocycles. The molecule has 1 spiro atoms. The Morgan fingerprint density at radius 1 is 1.02 bits per heavy atom. The van der Waals surface area contributed by atoms with Gasteiger partial charge < -0.3 is 35.0 Å². The number of hydrogen-bond acceptors (Lipinski definition) is 7. The molecule has 2 bridgehead atoms. The molecule has 6 aliphatic rings. The zero-order chi connectivity index (χ0) is 38.8. The zero-order valence-electron chi connectivity index (χ0n) is 32.3. The van der Waals surface area contributed by atoms with Gasteiger partial charge in [-0.15, -0.1) is 0 Å². The Kier molecular flexibility index (Phi) is 9.18. The summed E-state index contributed by atoms with van der Waals surface area (Å²) in [5, 5.41) is 27.5. The number of nitrogens with two attached hydrogens (primary N) is 1. The number of carbonyl (C=O) groups is 1. The summed E-state index contributed by atoms with van der Waals surface area (Å²) >= 11 is 0. The number of H-pyrrole nitrogens is 1. The molecule has 6 N–H and O–H groups in total. The van der Waals surface area contributed by atoms with Crippen LogP contribution in [-0.4, -0.2) is 38.2 Å². The van der Waals surface area contributed by atoms with Gasteiger partial charge in [0.25, 0.3) is 0 Å². The summed E-state index contributed by atoms with van der Waals surface area (Å²) in [5.74, 6) is 11.7. The van der Waals surface area contributed by atoms with E-state index in [0.717, 1.165) is 83.8 Å². The summed E-state index contributed by atoms with van der Waals surface area (Å²) in [6.07, 6.45) is 22.2. The average molecular weight is 763 g/mol. The number of nitrogens with one attached hydrogen (secondary N) is 2. The first kappa shape index (κ1) is 36.3. The van der Waals surface area contributed by atoms with Gasteiger partial charge in [-0.25, -0.2) is 0 Å². The maximum absolute atomic E-state index is 13.1. The summed E-state index contributed by atoms with van der Waals surface area (Å²) in [6, 6.07) is 9.86. The molecule has 2 aromatic carbocycles. The molecule has 9 atom stereocenters. The maximum Gasteiger partial charge on any atom is 0.191 e. The summed E-state index contributed by atoms with van der Waals surface area (Å²) in [7, 11) is 0. The molecular formula is C48H50N4O5. The molecule has 0 saturated heterocycles. The fourth-order valence-corrected chi connectivity index (χ4v) is 10.4. The molecule has 292 valence electrons. The van der Waals surface area contributed by atoms with E-state index in [4.69, 9.17) is 15.2 Å². The molecule has 1 fully saturated rings. The van der Waals surface area contributed by atoms with E-state index in [9.17, 15) is 15.0 Å². The Bertz CT molecular complexity index is 2430. The number of ketones is 1. The number of benzene rings is 2. The highest BCUT2D eigenvalue weighted by molar-refractivity contribution is 5.85. The number of aromatic amines is 1. The van der Waals surface area contributed by atoms with Crippen molar-refractivity contribution in [3.8, 4) is 35.4 Å². The number of nitrogens with zero attached hydrogens (tertiary/aromatic N) is 1. The number of aliphatic hydroxyl groups is 2. The second kappa shape index (κ2) is 14.4. The Morgan fingerprint density at radius 2 is 1.88 bits per heavy atom. The van der Waals surface area contributed by atoms with Crippen LogP contribution in [0.3, 0.4) is 0 Å². The van der Waals surface area contributed by atoms with Crippen LogP contribution in [0.5, 0.6) is 11.5 Å². The molecule has 0 radical (unpaired) electrons. The number of carbonyl (C=O) groups excluding carboxylic acids is 1. The van der Waals surface area contributed by atoms with Crippen LogP contribution in [0.4, 0.5) is 0 Å². The van der Waals surface area contributed by atoms with Crippen molar-refractivity contribution in [3.63, 3.8) is 0 Å². The minimum absolute atomic E-state index is 0.0308. The van der Waals surface area contributed by atoms with Crippen LogP contribution < -0.4 is 20.5 Å². The molecular weight excluding hydrogens is 713 g/mol.